The van der Waals surface area contributed by atoms with Crippen LogP contribution in [-0.2, 0) is 17.5 Å². The van der Waals surface area contributed by atoms with E-state index in [4.69, 9.17) is 9.47 Å². The van der Waals surface area contributed by atoms with Crippen LogP contribution in [0.4, 0.5) is 13.2 Å². The molecule has 6 nitrogen and oxygen atoms in total. The maximum absolute atomic E-state index is 13.5. The number of amides is 1. The van der Waals surface area contributed by atoms with Crippen molar-refractivity contribution >= 4 is 23.0 Å². The number of nitrogens with zero attached hydrogens (tertiary/aromatic N) is 3. The Kier molecular flexibility index (Phi) is 5.47. The van der Waals surface area contributed by atoms with Crippen molar-refractivity contribution in [1.29, 1.82) is 0 Å². The van der Waals surface area contributed by atoms with Gasteiger partial charge in [0.05, 0.1) is 11.0 Å². The number of para-hydroxylation sites is 2. The highest BCUT2D eigenvalue weighted by atomic mass is 19.4. The average molecular weight is 457 g/mol. The van der Waals surface area contributed by atoms with Gasteiger partial charge < -0.3 is 18.9 Å². The number of piperidine rings is 1. The van der Waals surface area contributed by atoms with Gasteiger partial charge in [-0.2, -0.15) is 13.2 Å². The van der Waals surface area contributed by atoms with Crippen LogP contribution in [0.2, 0.25) is 0 Å². The fraction of sp³-hybridized carbons (Fsp3) is 0.333. The van der Waals surface area contributed by atoms with Crippen LogP contribution in [0.5, 0.6) is 11.5 Å². The molecule has 2 aromatic carbocycles. The fourth-order valence-electron chi connectivity index (χ4n) is 4.36. The van der Waals surface area contributed by atoms with E-state index < -0.39 is 12.0 Å². The number of imidazole rings is 1. The molecule has 0 radical (unpaired) electrons. The van der Waals surface area contributed by atoms with Crippen LogP contribution in [0.1, 0.15) is 24.2 Å². The standard InChI is InChI=1S/C24H22F3N3O3/c25-24(26,27)23-28-18-3-1-2-4-19(18)30(23)14-17-9-11-29(12-10-17)22(31)8-6-16-5-7-20-21(13-16)33-15-32-20/h1-8,13,17H,9-12,14-15H2/b8-6+. The second-order valence-electron chi connectivity index (χ2n) is 8.25. The lowest BCUT2D eigenvalue weighted by atomic mass is 9.96. The lowest BCUT2D eigenvalue weighted by molar-refractivity contribution is -0.147. The lowest BCUT2D eigenvalue weighted by Crippen LogP contribution is -2.38. The highest BCUT2D eigenvalue weighted by Gasteiger charge is 2.38. The number of benzene rings is 2. The van der Waals surface area contributed by atoms with Crippen molar-refractivity contribution in [3.63, 3.8) is 0 Å². The highest BCUT2D eigenvalue weighted by molar-refractivity contribution is 5.92. The first-order valence-corrected chi connectivity index (χ1v) is 10.8. The Morgan fingerprint density at radius 3 is 2.64 bits per heavy atom. The first-order valence-electron chi connectivity index (χ1n) is 10.8. The quantitative estimate of drug-likeness (QED) is 0.532. The molecular weight excluding hydrogens is 435 g/mol. The summed E-state index contributed by atoms with van der Waals surface area (Å²) >= 11 is 0. The third-order valence-electron chi connectivity index (χ3n) is 6.09. The second kappa shape index (κ2) is 8.46. The molecule has 0 spiro atoms. The van der Waals surface area contributed by atoms with E-state index >= 15 is 0 Å². The van der Waals surface area contributed by atoms with Gasteiger partial charge in [0, 0.05) is 25.7 Å². The van der Waals surface area contributed by atoms with Crippen LogP contribution < -0.4 is 9.47 Å². The third-order valence-corrected chi connectivity index (χ3v) is 6.09. The molecular formula is C24H22F3N3O3. The van der Waals surface area contributed by atoms with Crippen molar-refractivity contribution in [3.8, 4) is 11.5 Å². The highest BCUT2D eigenvalue weighted by Crippen LogP contribution is 2.34. The zero-order chi connectivity index (χ0) is 23.0. The largest absolute Gasteiger partial charge is 0.454 e. The predicted octanol–water partition coefficient (Wildman–Crippen LogP) is 4.74. The molecule has 2 aliphatic heterocycles. The number of fused-ring (bicyclic) bond motifs is 2. The second-order valence-corrected chi connectivity index (χ2v) is 8.25. The van der Waals surface area contributed by atoms with Gasteiger partial charge in [-0.05, 0) is 54.7 Å². The SMILES string of the molecule is O=C(/C=C/c1ccc2c(c1)OCO2)N1CCC(Cn2c(C(F)(F)F)nc3ccccc32)CC1. The summed E-state index contributed by atoms with van der Waals surface area (Å²) in [5.74, 6) is 0.380. The van der Waals surface area contributed by atoms with Crippen LogP contribution >= 0.6 is 0 Å². The topological polar surface area (TPSA) is 56.6 Å². The number of rotatable bonds is 4. The van der Waals surface area contributed by atoms with Crippen molar-refractivity contribution in [3.05, 3.63) is 59.9 Å². The smallest absolute Gasteiger partial charge is 0.449 e. The Morgan fingerprint density at radius 2 is 1.85 bits per heavy atom. The molecule has 0 atom stereocenters. The van der Waals surface area contributed by atoms with Crippen LogP contribution in [0, 0.1) is 5.92 Å². The van der Waals surface area contributed by atoms with E-state index in [1.807, 2.05) is 12.1 Å². The first-order chi connectivity index (χ1) is 15.9. The van der Waals surface area contributed by atoms with E-state index in [0.29, 0.717) is 48.5 Å². The lowest BCUT2D eigenvalue weighted by Gasteiger charge is -2.32. The van der Waals surface area contributed by atoms with Crippen molar-refractivity contribution in [2.75, 3.05) is 19.9 Å². The van der Waals surface area contributed by atoms with E-state index in [1.54, 1.807) is 41.3 Å². The molecule has 1 amide bonds. The molecule has 3 heterocycles. The Labute approximate surface area is 188 Å². The van der Waals surface area contributed by atoms with E-state index in [1.165, 1.54) is 10.6 Å². The fourth-order valence-corrected chi connectivity index (χ4v) is 4.36. The van der Waals surface area contributed by atoms with Crippen LogP contribution in [0.15, 0.2) is 48.5 Å². The summed E-state index contributed by atoms with van der Waals surface area (Å²) in [5.41, 5.74) is 1.65. The minimum atomic E-state index is -4.52. The van der Waals surface area contributed by atoms with Gasteiger partial charge in [0.2, 0.25) is 18.5 Å². The molecule has 1 aromatic heterocycles. The van der Waals surface area contributed by atoms with Gasteiger partial charge in [-0.1, -0.05) is 18.2 Å². The molecule has 172 valence electrons. The Balaban J connectivity index is 1.22. The number of alkyl halides is 3. The Morgan fingerprint density at radius 1 is 1.09 bits per heavy atom. The molecule has 2 aliphatic rings. The molecule has 0 saturated carbocycles. The molecule has 9 heteroatoms. The van der Waals surface area contributed by atoms with Gasteiger partial charge in [0.25, 0.3) is 0 Å². The van der Waals surface area contributed by atoms with Gasteiger partial charge in [0.1, 0.15) is 0 Å². The van der Waals surface area contributed by atoms with Gasteiger partial charge >= 0.3 is 6.18 Å². The number of halogens is 3. The summed E-state index contributed by atoms with van der Waals surface area (Å²) in [7, 11) is 0. The number of ether oxygens (including phenoxy) is 2. The molecule has 33 heavy (non-hydrogen) atoms. The molecule has 0 unspecified atom stereocenters. The van der Waals surface area contributed by atoms with Crippen molar-refractivity contribution < 1.29 is 27.4 Å². The van der Waals surface area contributed by atoms with Crippen molar-refractivity contribution in [1.82, 2.24) is 14.5 Å². The summed E-state index contributed by atoms with van der Waals surface area (Å²) in [6, 6.07) is 12.1. The number of hydrogen-bond donors (Lipinski definition) is 0. The average Bonchev–Trinajstić information content (AvgIpc) is 3.42. The van der Waals surface area contributed by atoms with Gasteiger partial charge in [-0.15, -0.1) is 0 Å². The molecule has 0 bridgehead atoms. The van der Waals surface area contributed by atoms with Gasteiger partial charge in [-0.25, -0.2) is 4.98 Å². The van der Waals surface area contributed by atoms with Crippen LogP contribution in [-0.4, -0.2) is 40.2 Å². The van der Waals surface area contributed by atoms with Gasteiger partial charge in [0.15, 0.2) is 11.5 Å². The molecule has 1 saturated heterocycles. The number of likely N-dealkylation sites (tertiary alicyclic amines) is 1. The normalized spacial score (nSPS) is 16.8. The van der Waals surface area contributed by atoms with E-state index in [9.17, 15) is 18.0 Å². The molecule has 3 aromatic rings. The molecule has 5 rings (SSSR count). The Bertz CT molecular complexity index is 1210. The van der Waals surface area contributed by atoms with E-state index in [0.717, 1.165) is 5.56 Å². The zero-order valence-corrected chi connectivity index (χ0v) is 17.7. The Hall–Kier alpha value is -3.49. The van der Waals surface area contributed by atoms with Crippen LogP contribution in [0.25, 0.3) is 17.1 Å². The number of carbonyl (C=O) groups excluding carboxylic acids is 1. The molecule has 1 fully saturated rings. The summed E-state index contributed by atoms with van der Waals surface area (Å²) in [4.78, 5) is 18.2. The van der Waals surface area contributed by atoms with Crippen LogP contribution in [0.3, 0.4) is 0 Å². The summed E-state index contributed by atoms with van der Waals surface area (Å²) < 4.78 is 52.5. The zero-order valence-electron chi connectivity index (χ0n) is 17.7. The van der Waals surface area contributed by atoms with Crippen molar-refractivity contribution in [2.45, 2.75) is 25.6 Å². The first kappa shape index (κ1) is 21.4. The van der Waals surface area contributed by atoms with E-state index in [2.05, 4.69) is 4.98 Å². The third kappa shape index (κ3) is 4.40. The maximum Gasteiger partial charge on any atom is 0.449 e. The van der Waals surface area contributed by atoms with Crippen molar-refractivity contribution in [2.24, 2.45) is 5.92 Å². The summed E-state index contributed by atoms with van der Waals surface area (Å²) in [5, 5.41) is 0. The summed E-state index contributed by atoms with van der Waals surface area (Å²) in [6.07, 6.45) is -0.0113. The molecule has 0 aliphatic carbocycles. The maximum atomic E-state index is 13.5. The number of hydrogen-bond acceptors (Lipinski definition) is 4. The minimum Gasteiger partial charge on any atom is -0.454 e. The summed E-state index contributed by atoms with van der Waals surface area (Å²) in [6.45, 7) is 1.42. The number of carbonyl (C=O) groups is 1. The van der Waals surface area contributed by atoms with Gasteiger partial charge in [-0.3, -0.25) is 4.79 Å². The number of aromatic nitrogens is 2. The van der Waals surface area contributed by atoms with E-state index in [-0.39, 0.29) is 25.2 Å². The predicted molar refractivity (Wildman–Crippen MR) is 116 cm³/mol. The minimum absolute atomic E-state index is 0.0330. The monoisotopic (exact) mass is 457 g/mol. The molecule has 0 N–H and O–H groups in total.